The second kappa shape index (κ2) is 8.93. The lowest BCUT2D eigenvalue weighted by atomic mass is 10.00. The number of ether oxygens (including phenoxy) is 1. The maximum absolute atomic E-state index is 13.6. The van der Waals surface area contributed by atoms with Crippen molar-refractivity contribution in [2.45, 2.75) is 6.92 Å². The first-order chi connectivity index (χ1) is 15.1. The standard InChI is InChI=1S/C25H20N2O3S/c1-3-17-16-31-23(25(29)30-4-2)22(17)20-14-18(21-12-8-9-13-26-21)15-27(24(20)28)19-10-6-5-7-11-19/h3,5-16H,1,4H2,2H3. The van der Waals surface area contributed by atoms with Crippen LogP contribution in [0.3, 0.4) is 0 Å². The first kappa shape index (κ1) is 20.5. The summed E-state index contributed by atoms with van der Waals surface area (Å²) in [5.41, 5.74) is 3.61. The van der Waals surface area contributed by atoms with Crippen LogP contribution in [0.25, 0.3) is 34.1 Å². The number of aromatic nitrogens is 2. The Hall–Kier alpha value is -3.77. The summed E-state index contributed by atoms with van der Waals surface area (Å²) in [6.45, 7) is 5.87. The van der Waals surface area contributed by atoms with E-state index in [0.29, 0.717) is 21.6 Å². The molecule has 0 amide bonds. The molecule has 0 aliphatic rings. The number of nitrogens with zero attached hydrogens (tertiary/aromatic N) is 2. The van der Waals surface area contributed by atoms with Crippen LogP contribution in [-0.2, 0) is 4.74 Å². The van der Waals surface area contributed by atoms with Gasteiger partial charge < -0.3 is 4.74 Å². The van der Waals surface area contributed by atoms with Gasteiger partial charge in [-0.3, -0.25) is 14.3 Å². The highest BCUT2D eigenvalue weighted by Crippen LogP contribution is 2.34. The maximum Gasteiger partial charge on any atom is 0.348 e. The smallest absolute Gasteiger partial charge is 0.348 e. The fourth-order valence-corrected chi connectivity index (χ4v) is 4.32. The summed E-state index contributed by atoms with van der Waals surface area (Å²) < 4.78 is 6.82. The zero-order valence-corrected chi connectivity index (χ0v) is 17.8. The van der Waals surface area contributed by atoms with Gasteiger partial charge in [-0.1, -0.05) is 36.9 Å². The summed E-state index contributed by atoms with van der Waals surface area (Å²) in [6, 6.07) is 16.8. The van der Waals surface area contributed by atoms with Crippen LogP contribution in [-0.4, -0.2) is 22.1 Å². The Morgan fingerprint density at radius 1 is 1.19 bits per heavy atom. The zero-order chi connectivity index (χ0) is 21.8. The molecule has 0 fully saturated rings. The van der Waals surface area contributed by atoms with Gasteiger partial charge in [-0.05, 0) is 48.2 Å². The van der Waals surface area contributed by atoms with Crippen LogP contribution < -0.4 is 5.56 Å². The minimum atomic E-state index is -0.454. The Kier molecular flexibility index (Phi) is 5.91. The molecule has 154 valence electrons. The summed E-state index contributed by atoms with van der Waals surface area (Å²) >= 11 is 1.25. The van der Waals surface area contributed by atoms with E-state index in [2.05, 4.69) is 11.6 Å². The molecule has 0 aliphatic carbocycles. The van der Waals surface area contributed by atoms with E-state index in [4.69, 9.17) is 4.74 Å². The lowest BCUT2D eigenvalue weighted by Crippen LogP contribution is -2.21. The van der Waals surface area contributed by atoms with Gasteiger partial charge in [-0.25, -0.2) is 4.79 Å². The largest absolute Gasteiger partial charge is 0.462 e. The quantitative estimate of drug-likeness (QED) is 0.383. The summed E-state index contributed by atoms with van der Waals surface area (Å²) in [5, 5.41) is 1.81. The van der Waals surface area contributed by atoms with Crippen molar-refractivity contribution in [1.82, 2.24) is 9.55 Å². The number of rotatable bonds is 6. The van der Waals surface area contributed by atoms with E-state index in [0.717, 1.165) is 16.9 Å². The van der Waals surface area contributed by atoms with E-state index < -0.39 is 5.97 Å². The average Bonchev–Trinajstić information content (AvgIpc) is 3.24. The van der Waals surface area contributed by atoms with Crippen LogP contribution in [0.1, 0.15) is 22.2 Å². The molecule has 0 unspecified atom stereocenters. The van der Waals surface area contributed by atoms with Crippen molar-refractivity contribution in [2.24, 2.45) is 0 Å². The average molecular weight is 429 g/mol. The molecule has 0 bridgehead atoms. The van der Waals surface area contributed by atoms with Crippen LogP contribution in [0, 0.1) is 0 Å². The second-order valence-corrected chi connectivity index (χ2v) is 7.57. The number of benzene rings is 1. The van der Waals surface area contributed by atoms with Crippen molar-refractivity contribution in [2.75, 3.05) is 6.61 Å². The minimum absolute atomic E-state index is 0.238. The molecule has 0 saturated heterocycles. The van der Waals surface area contributed by atoms with Crippen LogP contribution >= 0.6 is 11.3 Å². The van der Waals surface area contributed by atoms with Gasteiger partial charge >= 0.3 is 5.97 Å². The molecule has 4 rings (SSSR count). The monoisotopic (exact) mass is 428 g/mol. The van der Waals surface area contributed by atoms with Gasteiger partial charge in [0.1, 0.15) is 4.88 Å². The van der Waals surface area contributed by atoms with Crippen LogP contribution in [0.2, 0.25) is 0 Å². The predicted molar refractivity (Wildman–Crippen MR) is 125 cm³/mol. The van der Waals surface area contributed by atoms with Crippen molar-refractivity contribution in [3.05, 3.63) is 99.7 Å². The molecule has 0 saturated carbocycles. The highest BCUT2D eigenvalue weighted by Gasteiger charge is 2.23. The van der Waals surface area contributed by atoms with Gasteiger partial charge in [0.2, 0.25) is 0 Å². The van der Waals surface area contributed by atoms with E-state index >= 15 is 0 Å². The molecule has 5 nitrogen and oxygen atoms in total. The van der Waals surface area contributed by atoms with Gasteiger partial charge in [0.05, 0.1) is 17.9 Å². The molecule has 4 aromatic rings. The molecule has 1 aromatic carbocycles. The SMILES string of the molecule is C=Cc1csc(C(=O)OCC)c1-c1cc(-c2ccccn2)cn(-c2ccccc2)c1=O. The molecule has 0 aliphatic heterocycles. The zero-order valence-electron chi connectivity index (χ0n) is 16.9. The van der Waals surface area contributed by atoms with Crippen LogP contribution in [0.4, 0.5) is 0 Å². The molecule has 3 aromatic heterocycles. The molecule has 3 heterocycles. The Bertz CT molecular complexity index is 1290. The van der Waals surface area contributed by atoms with Gasteiger partial charge in [-0.2, -0.15) is 0 Å². The topological polar surface area (TPSA) is 61.2 Å². The second-order valence-electron chi connectivity index (χ2n) is 6.69. The highest BCUT2D eigenvalue weighted by molar-refractivity contribution is 7.12. The molecule has 0 spiro atoms. The Balaban J connectivity index is 2.04. The van der Waals surface area contributed by atoms with Crippen molar-refractivity contribution in [1.29, 1.82) is 0 Å². The predicted octanol–water partition coefficient (Wildman–Crippen LogP) is 5.45. The van der Waals surface area contributed by atoms with Gasteiger partial charge in [0, 0.05) is 29.2 Å². The van der Waals surface area contributed by atoms with E-state index in [-0.39, 0.29) is 12.2 Å². The lowest BCUT2D eigenvalue weighted by molar-refractivity contribution is 0.0533. The number of hydrogen-bond donors (Lipinski definition) is 0. The molecule has 0 N–H and O–H groups in total. The summed E-state index contributed by atoms with van der Waals surface area (Å²) in [7, 11) is 0. The van der Waals surface area contributed by atoms with Gasteiger partial charge in [-0.15, -0.1) is 11.3 Å². The third kappa shape index (κ3) is 3.98. The molecule has 31 heavy (non-hydrogen) atoms. The number of para-hydroxylation sites is 1. The fraction of sp³-hybridized carbons (Fsp3) is 0.0800. The molecule has 0 atom stereocenters. The molecule has 0 radical (unpaired) electrons. The van der Waals surface area contributed by atoms with Crippen molar-refractivity contribution >= 4 is 23.4 Å². The fourth-order valence-electron chi connectivity index (χ4n) is 3.36. The lowest BCUT2D eigenvalue weighted by Gasteiger charge is -2.13. The van der Waals surface area contributed by atoms with Crippen LogP contribution in [0.5, 0.6) is 0 Å². The van der Waals surface area contributed by atoms with Gasteiger partial charge in [0.25, 0.3) is 5.56 Å². The Morgan fingerprint density at radius 2 is 1.97 bits per heavy atom. The summed E-state index contributed by atoms with van der Waals surface area (Å²) in [6.07, 6.45) is 5.12. The first-order valence-electron chi connectivity index (χ1n) is 9.79. The first-order valence-corrected chi connectivity index (χ1v) is 10.7. The minimum Gasteiger partial charge on any atom is -0.462 e. The number of thiophene rings is 1. The number of pyridine rings is 2. The van der Waals surface area contributed by atoms with E-state index in [9.17, 15) is 9.59 Å². The third-order valence-electron chi connectivity index (χ3n) is 4.78. The van der Waals surface area contributed by atoms with Crippen molar-refractivity contribution < 1.29 is 9.53 Å². The maximum atomic E-state index is 13.6. The highest BCUT2D eigenvalue weighted by atomic mass is 32.1. The van der Waals surface area contributed by atoms with Gasteiger partial charge in [0.15, 0.2) is 0 Å². The van der Waals surface area contributed by atoms with Crippen molar-refractivity contribution in [3.63, 3.8) is 0 Å². The van der Waals surface area contributed by atoms with Crippen molar-refractivity contribution in [3.8, 4) is 28.1 Å². The van der Waals surface area contributed by atoms with E-state index in [1.807, 2.05) is 53.9 Å². The van der Waals surface area contributed by atoms with E-state index in [1.165, 1.54) is 11.3 Å². The van der Waals surface area contributed by atoms with Crippen LogP contribution in [0.15, 0.2) is 83.7 Å². The number of hydrogen-bond acceptors (Lipinski definition) is 5. The Morgan fingerprint density at radius 3 is 2.65 bits per heavy atom. The molecule has 6 heteroatoms. The summed E-state index contributed by atoms with van der Waals surface area (Å²) in [4.78, 5) is 31.1. The summed E-state index contributed by atoms with van der Waals surface area (Å²) in [5.74, 6) is -0.454. The number of esters is 1. The normalized spacial score (nSPS) is 10.6. The van der Waals surface area contributed by atoms with E-state index in [1.54, 1.807) is 36.0 Å². The molecular formula is C25H20N2O3S. The Labute approximate surface area is 183 Å². The number of carbonyl (C=O) groups is 1. The number of carbonyl (C=O) groups excluding carboxylic acids is 1. The third-order valence-corrected chi connectivity index (χ3v) is 5.76. The molecular weight excluding hydrogens is 408 g/mol.